The van der Waals surface area contributed by atoms with E-state index in [2.05, 4.69) is 5.32 Å². The molecule has 1 N–H and O–H groups in total. The van der Waals surface area contributed by atoms with Crippen LogP contribution >= 0.6 is 34.8 Å². The van der Waals surface area contributed by atoms with Crippen LogP contribution in [-0.2, 0) is 4.79 Å². The van der Waals surface area contributed by atoms with Crippen LogP contribution in [0.4, 0.5) is 5.69 Å². The van der Waals surface area contributed by atoms with Gasteiger partial charge in [-0.3, -0.25) is 9.59 Å². The van der Waals surface area contributed by atoms with Crippen molar-refractivity contribution in [2.45, 2.75) is 12.5 Å². The van der Waals surface area contributed by atoms with Gasteiger partial charge in [-0.15, -0.1) is 0 Å². The lowest BCUT2D eigenvalue weighted by Crippen LogP contribution is -2.41. The fraction of sp³-hybridized carbons (Fsp3) is 0.176. The molecule has 24 heavy (non-hydrogen) atoms. The third kappa shape index (κ3) is 3.36. The van der Waals surface area contributed by atoms with Crippen molar-refractivity contribution in [2.24, 2.45) is 0 Å². The number of halogens is 3. The predicted octanol–water partition coefficient (Wildman–Crippen LogP) is 4.18. The van der Waals surface area contributed by atoms with Crippen LogP contribution in [0.1, 0.15) is 16.8 Å². The van der Waals surface area contributed by atoms with Crippen LogP contribution < -0.4 is 10.2 Å². The normalized spacial score (nSPS) is 17.2. The molecule has 0 saturated carbocycles. The van der Waals surface area contributed by atoms with Crippen molar-refractivity contribution in [1.82, 2.24) is 5.32 Å². The lowest BCUT2D eigenvalue weighted by molar-refractivity contribution is -0.118. The molecule has 1 aliphatic rings. The Morgan fingerprint density at radius 1 is 1.04 bits per heavy atom. The quantitative estimate of drug-likeness (QED) is 0.864. The third-order valence-corrected chi connectivity index (χ3v) is 4.89. The summed E-state index contributed by atoms with van der Waals surface area (Å²) in [7, 11) is 0. The average molecular weight is 384 g/mol. The molecule has 1 aliphatic heterocycles. The van der Waals surface area contributed by atoms with E-state index < -0.39 is 6.04 Å². The number of carbonyl (C=O) groups is 2. The van der Waals surface area contributed by atoms with Crippen LogP contribution in [0.2, 0.25) is 15.1 Å². The summed E-state index contributed by atoms with van der Waals surface area (Å²) in [5.41, 5.74) is 1.00. The van der Waals surface area contributed by atoms with Crippen molar-refractivity contribution in [3.63, 3.8) is 0 Å². The first-order valence-electron chi connectivity index (χ1n) is 7.29. The summed E-state index contributed by atoms with van der Waals surface area (Å²) in [4.78, 5) is 26.4. The zero-order valence-corrected chi connectivity index (χ0v) is 14.7. The molecule has 2 aromatic rings. The van der Waals surface area contributed by atoms with Crippen molar-refractivity contribution in [3.05, 3.63) is 63.1 Å². The molecule has 0 bridgehead atoms. The van der Waals surface area contributed by atoms with Crippen molar-refractivity contribution in [2.75, 3.05) is 11.4 Å². The third-order valence-electron chi connectivity index (χ3n) is 3.84. The SMILES string of the molecule is O=C(NC1CCN(c2ccccc2Cl)C1=O)c1ccc(Cl)c(Cl)c1. The second-order valence-electron chi connectivity index (χ2n) is 5.38. The topological polar surface area (TPSA) is 49.4 Å². The minimum Gasteiger partial charge on any atom is -0.340 e. The number of nitrogens with one attached hydrogen (secondary N) is 1. The molecule has 2 aromatic carbocycles. The standard InChI is InChI=1S/C17H13Cl3N2O2/c18-11-6-5-10(9-13(11)20)16(23)21-14-7-8-22(17(14)24)15-4-2-1-3-12(15)19/h1-6,9,14H,7-8H2,(H,21,23). The lowest BCUT2D eigenvalue weighted by Gasteiger charge is -2.18. The molecule has 0 radical (unpaired) electrons. The lowest BCUT2D eigenvalue weighted by atomic mass is 10.2. The van der Waals surface area contributed by atoms with E-state index in [1.807, 2.05) is 6.07 Å². The van der Waals surface area contributed by atoms with Gasteiger partial charge in [-0.2, -0.15) is 0 Å². The van der Waals surface area contributed by atoms with Crippen LogP contribution in [-0.4, -0.2) is 24.4 Å². The Balaban J connectivity index is 1.73. The van der Waals surface area contributed by atoms with Gasteiger partial charge in [0.25, 0.3) is 5.91 Å². The van der Waals surface area contributed by atoms with E-state index in [1.54, 1.807) is 35.2 Å². The van der Waals surface area contributed by atoms with Gasteiger partial charge < -0.3 is 10.2 Å². The molecular formula is C17H13Cl3N2O2. The first-order valence-corrected chi connectivity index (χ1v) is 8.42. The molecule has 4 nitrogen and oxygen atoms in total. The maximum Gasteiger partial charge on any atom is 0.251 e. The van der Waals surface area contributed by atoms with Gasteiger partial charge >= 0.3 is 0 Å². The Morgan fingerprint density at radius 2 is 1.79 bits per heavy atom. The van der Waals surface area contributed by atoms with Gasteiger partial charge in [0, 0.05) is 12.1 Å². The summed E-state index contributed by atoms with van der Waals surface area (Å²) in [5.74, 6) is -0.551. The van der Waals surface area contributed by atoms with Crippen LogP contribution in [0.3, 0.4) is 0 Å². The summed E-state index contributed by atoms with van der Waals surface area (Å²) >= 11 is 17.9. The Hall–Kier alpha value is -1.75. The van der Waals surface area contributed by atoms with Gasteiger partial charge in [0.15, 0.2) is 0 Å². The number of anilines is 1. The molecule has 1 heterocycles. The smallest absolute Gasteiger partial charge is 0.251 e. The number of hydrogen-bond donors (Lipinski definition) is 1. The fourth-order valence-electron chi connectivity index (χ4n) is 2.60. The highest BCUT2D eigenvalue weighted by atomic mass is 35.5. The van der Waals surface area contributed by atoms with Gasteiger partial charge in [0.2, 0.25) is 5.91 Å². The zero-order valence-electron chi connectivity index (χ0n) is 12.4. The van der Waals surface area contributed by atoms with Gasteiger partial charge in [0.1, 0.15) is 6.04 Å². The predicted molar refractivity (Wildman–Crippen MR) is 96.1 cm³/mol. The summed E-state index contributed by atoms with van der Waals surface area (Å²) in [6, 6.07) is 11.1. The van der Waals surface area contributed by atoms with Crippen LogP contribution in [0.5, 0.6) is 0 Å². The molecule has 1 unspecified atom stereocenters. The monoisotopic (exact) mass is 382 g/mol. The molecule has 1 saturated heterocycles. The number of rotatable bonds is 3. The number of amides is 2. The van der Waals surface area contributed by atoms with Gasteiger partial charge in [-0.25, -0.2) is 0 Å². The average Bonchev–Trinajstić information content (AvgIpc) is 2.91. The molecule has 3 rings (SSSR count). The van der Waals surface area contributed by atoms with E-state index in [4.69, 9.17) is 34.8 Å². The number of hydrogen-bond acceptors (Lipinski definition) is 2. The van der Waals surface area contributed by atoms with Gasteiger partial charge in [-0.05, 0) is 36.8 Å². The molecule has 1 atom stereocenters. The van der Waals surface area contributed by atoms with Crippen LogP contribution in [0.15, 0.2) is 42.5 Å². The maximum atomic E-state index is 12.6. The molecule has 7 heteroatoms. The second-order valence-corrected chi connectivity index (χ2v) is 6.61. The Labute approximate surface area is 154 Å². The first kappa shape index (κ1) is 17.1. The molecular weight excluding hydrogens is 371 g/mol. The van der Waals surface area contributed by atoms with E-state index in [0.29, 0.717) is 39.3 Å². The van der Waals surface area contributed by atoms with Crippen molar-refractivity contribution in [1.29, 1.82) is 0 Å². The van der Waals surface area contributed by atoms with Gasteiger partial charge in [-0.1, -0.05) is 46.9 Å². The summed E-state index contributed by atoms with van der Waals surface area (Å²) in [6.07, 6.45) is 0.511. The Bertz CT molecular complexity index is 810. The summed E-state index contributed by atoms with van der Waals surface area (Å²) in [6.45, 7) is 0.495. The zero-order chi connectivity index (χ0) is 17.3. The fourth-order valence-corrected chi connectivity index (χ4v) is 3.14. The first-order chi connectivity index (χ1) is 11.5. The van der Waals surface area contributed by atoms with Crippen molar-refractivity contribution < 1.29 is 9.59 Å². The largest absolute Gasteiger partial charge is 0.340 e. The number of nitrogens with zero attached hydrogens (tertiary/aromatic N) is 1. The van der Waals surface area contributed by atoms with Gasteiger partial charge in [0.05, 0.1) is 20.8 Å². The van der Waals surface area contributed by atoms with E-state index in [-0.39, 0.29) is 11.8 Å². The molecule has 0 aromatic heterocycles. The second kappa shape index (κ2) is 7.01. The molecule has 1 fully saturated rings. The minimum atomic E-state index is -0.594. The summed E-state index contributed by atoms with van der Waals surface area (Å²) < 4.78 is 0. The maximum absolute atomic E-state index is 12.6. The molecule has 2 amide bonds. The Kier molecular flexibility index (Phi) is 4.99. The minimum absolute atomic E-state index is 0.184. The van der Waals surface area contributed by atoms with Crippen LogP contribution in [0, 0.1) is 0 Å². The number of carbonyl (C=O) groups excluding carboxylic acids is 2. The van der Waals surface area contributed by atoms with Crippen molar-refractivity contribution in [3.8, 4) is 0 Å². The highest BCUT2D eigenvalue weighted by Crippen LogP contribution is 2.29. The highest BCUT2D eigenvalue weighted by molar-refractivity contribution is 6.42. The van der Waals surface area contributed by atoms with E-state index in [9.17, 15) is 9.59 Å². The van der Waals surface area contributed by atoms with E-state index in [1.165, 1.54) is 6.07 Å². The molecule has 0 aliphatic carbocycles. The van der Waals surface area contributed by atoms with Crippen molar-refractivity contribution >= 4 is 52.3 Å². The summed E-state index contributed by atoms with van der Waals surface area (Å²) in [5, 5.41) is 3.90. The number of benzene rings is 2. The highest BCUT2D eigenvalue weighted by Gasteiger charge is 2.34. The van der Waals surface area contributed by atoms with Crippen LogP contribution in [0.25, 0.3) is 0 Å². The Morgan fingerprint density at radius 3 is 2.50 bits per heavy atom. The molecule has 0 spiro atoms. The molecule has 124 valence electrons. The number of para-hydroxylation sites is 1. The van der Waals surface area contributed by atoms with E-state index in [0.717, 1.165) is 0 Å². The van der Waals surface area contributed by atoms with E-state index >= 15 is 0 Å².